The molecule has 1 aliphatic rings. The summed E-state index contributed by atoms with van der Waals surface area (Å²) in [6.07, 6.45) is 1.62. The molecular weight excluding hydrogens is 557 g/mol. The maximum atomic E-state index is 12.6. The summed E-state index contributed by atoms with van der Waals surface area (Å²) in [5.41, 5.74) is 5.28. The van der Waals surface area contributed by atoms with Gasteiger partial charge >= 0.3 is 17.6 Å². The number of hydrogen-bond acceptors (Lipinski definition) is 8. The molecule has 0 bridgehead atoms. The summed E-state index contributed by atoms with van der Waals surface area (Å²) in [5.74, 6) is -0.303. The van der Waals surface area contributed by atoms with E-state index in [9.17, 15) is 14.4 Å². The van der Waals surface area contributed by atoms with Gasteiger partial charge in [0.25, 0.3) is 0 Å². The number of thioether (sulfide) groups is 1. The normalized spacial score (nSPS) is 16.5. The molecule has 0 spiro atoms. The molecule has 1 unspecified atom stereocenters. The van der Waals surface area contributed by atoms with Gasteiger partial charge in [-0.1, -0.05) is 36.4 Å². The minimum absolute atomic E-state index is 0.0339. The Kier molecular flexibility index (Phi) is 7.03. The van der Waals surface area contributed by atoms with Gasteiger partial charge in [-0.25, -0.2) is 14.4 Å². The molecule has 0 aliphatic carbocycles. The molecule has 2 N–H and O–H groups in total. The number of benzene rings is 2. The lowest BCUT2D eigenvalue weighted by Gasteiger charge is -2.47. The number of hydrogen-bond donors (Lipinski definition) is 1. The minimum atomic E-state index is -0.801. The van der Waals surface area contributed by atoms with Crippen LogP contribution in [0.4, 0.5) is 5.82 Å². The molecule has 0 saturated carbocycles. The lowest BCUT2D eigenvalue weighted by molar-refractivity contribution is -0.0110. The number of rotatable bonds is 7. The second-order valence-electron chi connectivity index (χ2n) is 7.57. The zero-order chi connectivity index (χ0) is 23.4. The molecule has 2 heterocycles. The van der Waals surface area contributed by atoms with Crippen molar-refractivity contribution in [2.24, 2.45) is 5.41 Å². The summed E-state index contributed by atoms with van der Waals surface area (Å²) >= 11 is 3.49. The molecule has 1 fully saturated rings. The van der Waals surface area contributed by atoms with Crippen LogP contribution in [0.1, 0.15) is 26.1 Å². The fraction of sp³-hybridized carbons (Fsp3) is 0.217. The van der Waals surface area contributed by atoms with Crippen LogP contribution in [0.25, 0.3) is 0 Å². The maximum Gasteiger partial charge on any atom is 0.350 e. The first-order valence-electron chi connectivity index (χ1n) is 10.00. The van der Waals surface area contributed by atoms with Gasteiger partial charge in [-0.15, -0.1) is 11.8 Å². The predicted octanol–water partition coefficient (Wildman–Crippen LogP) is 3.38. The molecule has 1 aliphatic heterocycles. The standard InChI is InChI=1S/C23H20IN3O5S/c24-17-11-27(22(30)26-18(17)25)21-23(14-33-21,12-31-19(28)15-7-3-1-4-8-15)13-32-20(29)16-9-5-2-6-10-16/h1-11,21H,12-14H2,(H2,25,26,30). The van der Waals surface area contributed by atoms with Crippen LogP contribution in [0.3, 0.4) is 0 Å². The van der Waals surface area contributed by atoms with E-state index in [0.717, 1.165) is 0 Å². The van der Waals surface area contributed by atoms with Gasteiger partial charge in [0.15, 0.2) is 0 Å². The van der Waals surface area contributed by atoms with Crippen LogP contribution in [0.15, 0.2) is 71.7 Å². The van der Waals surface area contributed by atoms with E-state index in [1.807, 2.05) is 34.7 Å². The third-order valence-electron chi connectivity index (χ3n) is 5.24. The average Bonchev–Trinajstić information content (AvgIpc) is 2.82. The molecule has 10 heteroatoms. The van der Waals surface area contributed by atoms with Gasteiger partial charge in [0.2, 0.25) is 0 Å². The fourth-order valence-electron chi connectivity index (χ4n) is 3.40. The number of anilines is 1. The van der Waals surface area contributed by atoms with E-state index >= 15 is 0 Å². The van der Waals surface area contributed by atoms with E-state index in [1.54, 1.807) is 54.7 Å². The van der Waals surface area contributed by atoms with Crippen LogP contribution < -0.4 is 11.4 Å². The number of nitrogens with two attached hydrogens (primary N) is 1. The zero-order valence-corrected chi connectivity index (χ0v) is 20.3. The SMILES string of the molecule is Nc1nc(=O)n(C2SCC2(COC(=O)c2ccccc2)COC(=O)c2ccccc2)cc1I. The van der Waals surface area contributed by atoms with Crippen molar-refractivity contribution in [3.8, 4) is 0 Å². The summed E-state index contributed by atoms with van der Waals surface area (Å²) in [6, 6.07) is 17.2. The number of halogens is 1. The Labute approximate surface area is 207 Å². The van der Waals surface area contributed by atoms with Crippen molar-refractivity contribution in [3.63, 3.8) is 0 Å². The number of nitrogens with zero attached hydrogens (tertiary/aromatic N) is 2. The molecule has 3 aromatic rings. The molecule has 170 valence electrons. The number of nitrogen functional groups attached to an aromatic ring is 1. The van der Waals surface area contributed by atoms with Crippen molar-refractivity contribution < 1.29 is 19.1 Å². The van der Waals surface area contributed by atoms with E-state index < -0.39 is 28.4 Å². The molecule has 33 heavy (non-hydrogen) atoms. The summed E-state index contributed by atoms with van der Waals surface area (Å²) in [4.78, 5) is 41.6. The van der Waals surface area contributed by atoms with Crippen LogP contribution in [-0.2, 0) is 9.47 Å². The largest absolute Gasteiger partial charge is 0.461 e. The van der Waals surface area contributed by atoms with Crippen molar-refractivity contribution in [1.29, 1.82) is 0 Å². The second kappa shape index (κ2) is 9.96. The molecular formula is C23H20IN3O5S. The number of esters is 2. The summed E-state index contributed by atoms with van der Waals surface area (Å²) < 4.78 is 13.3. The fourth-order valence-corrected chi connectivity index (χ4v) is 5.22. The van der Waals surface area contributed by atoms with Crippen LogP contribution in [0.5, 0.6) is 0 Å². The van der Waals surface area contributed by atoms with Crippen LogP contribution in [-0.4, -0.2) is 40.5 Å². The van der Waals surface area contributed by atoms with Gasteiger partial charge in [0, 0.05) is 11.9 Å². The highest BCUT2D eigenvalue weighted by atomic mass is 127. The first-order chi connectivity index (χ1) is 15.9. The Bertz CT molecular complexity index is 1160. The molecule has 2 aromatic carbocycles. The maximum absolute atomic E-state index is 12.6. The molecule has 0 radical (unpaired) electrons. The van der Waals surface area contributed by atoms with Crippen LogP contribution in [0, 0.1) is 8.99 Å². The summed E-state index contributed by atoms with van der Waals surface area (Å²) in [7, 11) is 0. The molecule has 0 amide bonds. The van der Waals surface area contributed by atoms with E-state index in [-0.39, 0.29) is 19.0 Å². The number of carbonyl (C=O) groups is 2. The first kappa shape index (κ1) is 23.3. The summed E-state index contributed by atoms with van der Waals surface area (Å²) in [5, 5.41) is -0.446. The van der Waals surface area contributed by atoms with E-state index in [0.29, 0.717) is 20.4 Å². The third kappa shape index (κ3) is 5.06. The lowest BCUT2D eigenvalue weighted by atomic mass is 9.90. The lowest BCUT2D eigenvalue weighted by Crippen LogP contribution is -2.52. The monoisotopic (exact) mass is 577 g/mol. The van der Waals surface area contributed by atoms with Crippen molar-refractivity contribution in [1.82, 2.24) is 9.55 Å². The highest BCUT2D eigenvalue weighted by Gasteiger charge is 2.52. The Morgan fingerprint density at radius 2 is 1.55 bits per heavy atom. The van der Waals surface area contributed by atoms with Crippen molar-refractivity contribution in [2.75, 3.05) is 24.7 Å². The van der Waals surface area contributed by atoms with Crippen molar-refractivity contribution in [2.45, 2.75) is 5.37 Å². The Morgan fingerprint density at radius 1 is 1.03 bits per heavy atom. The van der Waals surface area contributed by atoms with Crippen molar-refractivity contribution in [3.05, 3.63) is 92.0 Å². The Balaban J connectivity index is 1.58. The van der Waals surface area contributed by atoms with Gasteiger partial charge in [-0.3, -0.25) is 4.57 Å². The zero-order valence-electron chi connectivity index (χ0n) is 17.3. The van der Waals surface area contributed by atoms with Crippen molar-refractivity contribution >= 4 is 52.1 Å². The van der Waals surface area contributed by atoms with Gasteiger partial charge in [0.1, 0.15) is 19.0 Å². The van der Waals surface area contributed by atoms with E-state index in [2.05, 4.69) is 4.98 Å². The highest BCUT2D eigenvalue weighted by Crippen LogP contribution is 2.53. The number of carbonyl (C=O) groups excluding carboxylic acids is 2. The highest BCUT2D eigenvalue weighted by molar-refractivity contribution is 14.1. The molecule has 4 rings (SSSR count). The number of ether oxygens (including phenoxy) is 2. The minimum Gasteiger partial charge on any atom is -0.461 e. The van der Waals surface area contributed by atoms with Gasteiger partial charge < -0.3 is 15.2 Å². The van der Waals surface area contributed by atoms with Gasteiger partial charge in [0.05, 0.1) is 25.5 Å². The Hall–Kier alpha value is -2.86. The second-order valence-corrected chi connectivity index (χ2v) is 9.80. The Morgan fingerprint density at radius 3 is 2.00 bits per heavy atom. The van der Waals surface area contributed by atoms with Crippen LogP contribution in [0.2, 0.25) is 0 Å². The third-order valence-corrected chi connectivity index (χ3v) is 7.86. The molecule has 1 aromatic heterocycles. The first-order valence-corrected chi connectivity index (χ1v) is 12.1. The molecule has 1 saturated heterocycles. The predicted molar refractivity (Wildman–Crippen MR) is 133 cm³/mol. The quantitative estimate of drug-likeness (QED) is 0.336. The van der Waals surface area contributed by atoms with Gasteiger partial charge in [-0.2, -0.15) is 4.98 Å². The summed E-state index contributed by atoms with van der Waals surface area (Å²) in [6.45, 7) is -0.0677. The van der Waals surface area contributed by atoms with Gasteiger partial charge in [-0.05, 0) is 46.9 Å². The topological polar surface area (TPSA) is 114 Å². The molecule has 8 nitrogen and oxygen atoms in total. The van der Waals surface area contributed by atoms with E-state index in [4.69, 9.17) is 15.2 Å². The van der Waals surface area contributed by atoms with E-state index in [1.165, 1.54) is 16.3 Å². The smallest absolute Gasteiger partial charge is 0.350 e. The average molecular weight is 577 g/mol. The molecule has 1 atom stereocenters. The number of aromatic nitrogens is 2. The van der Waals surface area contributed by atoms with Crippen LogP contribution >= 0.6 is 34.4 Å².